The molecule has 3 nitrogen and oxygen atoms in total. The average molecular weight is 225 g/mol. The summed E-state index contributed by atoms with van der Waals surface area (Å²) in [6, 6.07) is 7.15. The Balaban J connectivity index is 2.26. The summed E-state index contributed by atoms with van der Waals surface area (Å²) < 4.78 is 0. The van der Waals surface area contributed by atoms with E-state index in [-0.39, 0.29) is 17.9 Å². The van der Waals surface area contributed by atoms with E-state index >= 15 is 0 Å². The van der Waals surface area contributed by atoms with Gasteiger partial charge in [-0.3, -0.25) is 4.79 Å². The Bertz CT molecular complexity index is 377. The molecule has 0 aliphatic carbocycles. The van der Waals surface area contributed by atoms with Gasteiger partial charge in [0.2, 0.25) is 5.91 Å². The van der Waals surface area contributed by atoms with Crippen molar-refractivity contribution in [3.63, 3.8) is 0 Å². The van der Waals surface area contributed by atoms with Crippen LogP contribution < -0.4 is 10.6 Å². The summed E-state index contributed by atoms with van der Waals surface area (Å²) in [6.07, 6.45) is 0. The third-order valence-electron chi connectivity index (χ3n) is 2.83. The molecule has 0 spiro atoms. The van der Waals surface area contributed by atoms with E-state index in [4.69, 9.17) is 17.3 Å². The molecule has 2 atom stereocenters. The molecule has 80 valence electrons. The molecule has 0 bridgehead atoms. The number of rotatable bonds is 1. The Morgan fingerprint density at radius 1 is 1.40 bits per heavy atom. The van der Waals surface area contributed by atoms with Gasteiger partial charge < -0.3 is 10.6 Å². The maximum Gasteiger partial charge on any atom is 0.231 e. The van der Waals surface area contributed by atoms with Crippen molar-refractivity contribution in [1.29, 1.82) is 0 Å². The number of benzene rings is 1. The zero-order chi connectivity index (χ0) is 11.0. The minimum Gasteiger partial charge on any atom is -0.325 e. The van der Waals surface area contributed by atoms with Crippen LogP contribution in [0.4, 0.5) is 5.69 Å². The first-order valence-corrected chi connectivity index (χ1v) is 5.30. The highest BCUT2D eigenvalue weighted by molar-refractivity contribution is 6.30. The van der Waals surface area contributed by atoms with Crippen LogP contribution in [0.3, 0.4) is 0 Å². The number of carbonyl (C=O) groups excluding carboxylic acids is 1. The fraction of sp³-hybridized carbons (Fsp3) is 0.364. The van der Waals surface area contributed by atoms with E-state index in [2.05, 4.69) is 0 Å². The van der Waals surface area contributed by atoms with Gasteiger partial charge in [-0.25, -0.2) is 0 Å². The predicted molar refractivity (Wildman–Crippen MR) is 60.9 cm³/mol. The largest absolute Gasteiger partial charge is 0.325 e. The summed E-state index contributed by atoms with van der Waals surface area (Å²) in [4.78, 5) is 13.5. The summed E-state index contributed by atoms with van der Waals surface area (Å²) >= 11 is 5.78. The molecule has 1 fully saturated rings. The molecule has 1 aliphatic rings. The van der Waals surface area contributed by atoms with Crippen molar-refractivity contribution < 1.29 is 4.79 Å². The van der Waals surface area contributed by atoms with Crippen LogP contribution in [0.25, 0.3) is 0 Å². The molecule has 0 aromatic heterocycles. The molecule has 2 N–H and O–H groups in total. The highest BCUT2D eigenvalue weighted by Crippen LogP contribution is 2.25. The van der Waals surface area contributed by atoms with E-state index in [9.17, 15) is 4.79 Å². The van der Waals surface area contributed by atoms with E-state index in [1.54, 1.807) is 17.0 Å². The van der Waals surface area contributed by atoms with Crippen molar-refractivity contribution in [3.05, 3.63) is 29.3 Å². The highest BCUT2D eigenvalue weighted by atomic mass is 35.5. The first-order chi connectivity index (χ1) is 7.09. The number of halogens is 1. The maximum absolute atomic E-state index is 11.8. The SMILES string of the molecule is CC1C(=O)N(c2ccc(Cl)cc2)CC1N. The van der Waals surface area contributed by atoms with E-state index in [1.807, 2.05) is 19.1 Å². The standard InChI is InChI=1S/C11H13ClN2O/c1-7-10(13)6-14(11(7)15)9-4-2-8(12)3-5-9/h2-5,7,10H,6,13H2,1H3. The zero-order valence-electron chi connectivity index (χ0n) is 8.48. The number of nitrogens with two attached hydrogens (primary N) is 1. The third-order valence-corrected chi connectivity index (χ3v) is 3.08. The molecule has 0 saturated carbocycles. The van der Waals surface area contributed by atoms with E-state index in [0.29, 0.717) is 11.6 Å². The highest BCUT2D eigenvalue weighted by Gasteiger charge is 2.35. The lowest BCUT2D eigenvalue weighted by Gasteiger charge is -2.15. The van der Waals surface area contributed by atoms with Crippen LogP contribution in [0.5, 0.6) is 0 Å². The Kier molecular flexibility index (Phi) is 2.67. The molecule has 2 rings (SSSR count). The summed E-state index contributed by atoms with van der Waals surface area (Å²) in [5, 5.41) is 0.669. The first-order valence-electron chi connectivity index (χ1n) is 4.92. The molecule has 1 aliphatic heterocycles. The van der Waals surface area contributed by atoms with E-state index in [0.717, 1.165) is 5.69 Å². The second kappa shape index (κ2) is 3.83. The number of hydrogen-bond acceptors (Lipinski definition) is 2. The molecule has 15 heavy (non-hydrogen) atoms. The summed E-state index contributed by atoms with van der Waals surface area (Å²) in [6.45, 7) is 2.45. The summed E-state index contributed by atoms with van der Waals surface area (Å²) in [5.41, 5.74) is 6.70. The molecule has 1 heterocycles. The number of anilines is 1. The second-order valence-electron chi connectivity index (χ2n) is 3.88. The lowest BCUT2D eigenvalue weighted by atomic mass is 10.1. The van der Waals surface area contributed by atoms with Crippen molar-refractivity contribution in [1.82, 2.24) is 0 Å². The van der Waals surface area contributed by atoms with Crippen LogP contribution >= 0.6 is 11.6 Å². The van der Waals surface area contributed by atoms with Gasteiger partial charge in [0, 0.05) is 23.3 Å². The molecule has 1 amide bonds. The normalized spacial score (nSPS) is 26.1. The van der Waals surface area contributed by atoms with Crippen molar-refractivity contribution >= 4 is 23.2 Å². The fourth-order valence-electron chi connectivity index (χ4n) is 1.74. The number of amides is 1. The number of nitrogens with zero attached hydrogens (tertiary/aromatic N) is 1. The van der Waals surface area contributed by atoms with Gasteiger partial charge in [0.15, 0.2) is 0 Å². The summed E-state index contributed by atoms with van der Waals surface area (Å²) in [7, 11) is 0. The Labute approximate surface area is 93.8 Å². The van der Waals surface area contributed by atoms with Crippen LogP contribution in [0.1, 0.15) is 6.92 Å². The summed E-state index contributed by atoms with van der Waals surface area (Å²) in [5.74, 6) is -0.00880. The topological polar surface area (TPSA) is 46.3 Å². The van der Waals surface area contributed by atoms with Gasteiger partial charge in [-0.2, -0.15) is 0 Å². The van der Waals surface area contributed by atoms with Crippen molar-refractivity contribution in [3.8, 4) is 0 Å². The van der Waals surface area contributed by atoms with Crippen LogP contribution in [0, 0.1) is 5.92 Å². The van der Waals surface area contributed by atoms with Gasteiger partial charge in [-0.05, 0) is 24.3 Å². The number of hydrogen-bond donors (Lipinski definition) is 1. The quantitative estimate of drug-likeness (QED) is 0.789. The minimum atomic E-state index is -0.0966. The average Bonchev–Trinajstić information content (AvgIpc) is 2.47. The van der Waals surface area contributed by atoms with Gasteiger partial charge in [-0.1, -0.05) is 18.5 Å². The van der Waals surface area contributed by atoms with Crippen molar-refractivity contribution in [2.24, 2.45) is 11.7 Å². The van der Waals surface area contributed by atoms with E-state index < -0.39 is 0 Å². The van der Waals surface area contributed by atoms with Gasteiger partial charge in [0.05, 0.1) is 5.92 Å². The molecule has 4 heteroatoms. The Hall–Kier alpha value is -1.06. The third kappa shape index (κ3) is 1.85. The predicted octanol–water partition coefficient (Wildman–Crippen LogP) is 1.65. The molecule has 1 saturated heterocycles. The van der Waals surface area contributed by atoms with Gasteiger partial charge >= 0.3 is 0 Å². The van der Waals surface area contributed by atoms with Gasteiger partial charge in [-0.15, -0.1) is 0 Å². The smallest absolute Gasteiger partial charge is 0.231 e. The molecular weight excluding hydrogens is 212 g/mol. The van der Waals surface area contributed by atoms with Crippen LogP contribution in [-0.2, 0) is 4.79 Å². The lowest BCUT2D eigenvalue weighted by molar-refractivity contribution is -0.120. The van der Waals surface area contributed by atoms with Crippen LogP contribution in [-0.4, -0.2) is 18.5 Å². The maximum atomic E-state index is 11.8. The van der Waals surface area contributed by atoms with Crippen molar-refractivity contribution in [2.75, 3.05) is 11.4 Å². The Morgan fingerprint density at radius 2 is 2.00 bits per heavy atom. The van der Waals surface area contributed by atoms with Gasteiger partial charge in [0.1, 0.15) is 0 Å². The second-order valence-corrected chi connectivity index (χ2v) is 4.31. The number of carbonyl (C=O) groups is 1. The van der Waals surface area contributed by atoms with E-state index in [1.165, 1.54) is 0 Å². The zero-order valence-corrected chi connectivity index (χ0v) is 9.24. The van der Waals surface area contributed by atoms with Crippen molar-refractivity contribution in [2.45, 2.75) is 13.0 Å². The van der Waals surface area contributed by atoms with Gasteiger partial charge in [0.25, 0.3) is 0 Å². The fourth-order valence-corrected chi connectivity index (χ4v) is 1.87. The monoisotopic (exact) mass is 224 g/mol. The molecule has 1 aromatic rings. The van der Waals surface area contributed by atoms with Crippen LogP contribution in [0.2, 0.25) is 5.02 Å². The molecule has 1 aromatic carbocycles. The Morgan fingerprint density at radius 3 is 2.47 bits per heavy atom. The first kappa shape index (κ1) is 10.5. The molecule has 0 radical (unpaired) electrons. The lowest BCUT2D eigenvalue weighted by Crippen LogP contribution is -2.28. The molecular formula is C11H13ClN2O. The minimum absolute atomic E-state index is 0.0758. The molecule has 2 unspecified atom stereocenters. The van der Waals surface area contributed by atoms with Crippen LogP contribution in [0.15, 0.2) is 24.3 Å².